The third-order valence-corrected chi connectivity index (χ3v) is 6.37. The van der Waals surface area contributed by atoms with Crippen molar-refractivity contribution in [2.45, 2.75) is 45.1 Å². The molecule has 190 valence electrons. The molecule has 0 radical (unpaired) electrons. The predicted molar refractivity (Wildman–Crippen MR) is 130 cm³/mol. The summed E-state index contributed by atoms with van der Waals surface area (Å²) >= 11 is 0. The number of anilines is 1. The zero-order chi connectivity index (χ0) is 24.7. The standard InChI is InChI=1S/C24H24F2N6O3.ClH/c1-13(2)22-29-24(30-35-22)31-7-5-16(6-8-31)32-11-18(26)20-19(27-12-28-21(20)32)10-14-3-4-15(23(33)34)9-17(14)25;/h3-4,9,11-13,16H,5-8,10H2,1-2H3,(H,33,34);1H. The number of aromatic nitrogens is 5. The fourth-order valence-electron chi connectivity index (χ4n) is 4.45. The van der Waals surface area contributed by atoms with E-state index in [1.165, 1.54) is 24.7 Å². The van der Waals surface area contributed by atoms with Crippen LogP contribution in [0.15, 0.2) is 35.2 Å². The van der Waals surface area contributed by atoms with Crippen LogP contribution in [0.3, 0.4) is 0 Å². The Morgan fingerprint density at radius 1 is 1.19 bits per heavy atom. The summed E-state index contributed by atoms with van der Waals surface area (Å²) in [5.41, 5.74) is 0.884. The Morgan fingerprint density at radius 3 is 2.58 bits per heavy atom. The first-order chi connectivity index (χ1) is 16.8. The SMILES string of the molecule is CC(C)c1nc(N2CCC(n3cc(F)c4c(Cc5ccc(C(=O)O)cc5F)ncnc43)CC2)no1.Cl. The lowest BCUT2D eigenvalue weighted by Crippen LogP contribution is -2.35. The second-order valence-corrected chi connectivity index (χ2v) is 9.00. The van der Waals surface area contributed by atoms with Crippen LogP contribution in [0.4, 0.5) is 14.7 Å². The largest absolute Gasteiger partial charge is 0.478 e. The molecule has 1 aromatic carbocycles. The lowest BCUT2D eigenvalue weighted by atomic mass is 10.0. The normalized spacial score (nSPS) is 14.4. The highest BCUT2D eigenvalue weighted by atomic mass is 35.5. The molecule has 0 unspecified atom stereocenters. The van der Waals surface area contributed by atoms with Crippen molar-refractivity contribution in [2.75, 3.05) is 18.0 Å². The summed E-state index contributed by atoms with van der Waals surface area (Å²) in [6.07, 6.45) is 4.26. The Labute approximate surface area is 211 Å². The second-order valence-electron chi connectivity index (χ2n) is 9.00. The van der Waals surface area contributed by atoms with E-state index in [2.05, 4.69) is 25.0 Å². The van der Waals surface area contributed by atoms with E-state index >= 15 is 4.39 Å². The van der Waals surface area contributed by atoms with Crippen LogP contribution in [0.25, 0.3) is 11.0 Å². The molecule has 1 fully saturated rings. The predicted octanol–water partition coefficient (Wildman–Crippen LogP) is 4.77. The fraction of sp³-hybridized carbons (Fsp3) is 0.375. The van der Waals surface area contributed by atoms with Crippen LogP contribution < -0.4 is 4.90 Å². The van der Waals surface area contributed by atoms with Gasteiger partial charge in [-0.05, 0) is 35.7 Å². The lowest BCUT2D eigenvalue weighted by molar-refractivity contribution is 0.0696. The van der Waals surface area contributed by atoms with Gasteiger partial charge in [0, 0.05) is 37.7 Å². The van der Waals surface area contributed by atoms with Crippen molar-refractivity contribution in [1.29, 1.82) is 0 Å². The topological polar surface area (TPSA) is 110 Å². The average Bonchev–Trinajstić information content (AvgIpc) is 3.46. The van der Waals surface area contributed by atoms with E-state index in [0.717, 1.165) is 18.9 Å². The molecule has 0 aliphatic carbocycles. The zero-order valence-electron chi connectivity index (χ0n) is 19.7. The Hall–Kier alpha value is -3.60. The van der Waals surface area contributed by atoms with Crippen LogP contribution in [0.1, 0.15) is 66.2 Å². The molecule has 0 amide bonds. The Bertz CT molecular complexity index is 1400. The Morgan fingerprint density at radius 2 is 1.94 bits per heavy atom. The van der Waals surface area contributed by atoms with Gasteiger partial charge in [-0.2, -0.15) is 4.98 Å². The van der Waals surface area contributed by atoms with Crippen LogP contribution >= 0.6 is 12.4 Å². The van der Waals surface area contributed by atoms with Crippen molar-refractivity contribution >= 4 is 35.4 Å². The van der Waals surface area contributed by atoms with Crippen molar-refractivity contribution in [3.63, 3.8) is 0 Å². The highest BCUT2D eigenvalue weighted by molar-refractivity contribution is 5.87. The minimum Gasteiger partial charge on any atom is -0.478 e. The van der Waals surface area contributed by atoms with Gasteiger partial charge < -0.3 is 19.1 Å². The van der Waals surface area contributed by atoms with Gasteiger partial charge in [0.25, 0.3) is 5.95 Å². The van der Waals surface area contributed by atoms with Crippen LogP contribution in [-0.2, 0) is 6.42 Å². The molecular weight excluding hydrogens is 494 g/mol. The average molecular weight is 519 g/mol. The number of benzene rings is 1. The second kappa shape index (κ2) is 10.2. The van der Waals surface area contributed by atoms with Crippen molar-refractivity contribution < 1.29 is 23.2 Å². The number of carboxylic acids is 1. The van der Waals surface area contributed by atoms with Gasteiger partial charge >= 0.3 is 5.97 Å². The number of carbonyl (C=O) groups is 1. The number of carboxylic acid groups (broad SMARTS) is 1. The van der Waals surface area contributed by atoms with Gasteiger partial charge in [0.2, 0.25) is 5.89 Å². The highest BCUT2D eigenvalue weighted by Gasteiger charge is 2.27. The number of rotatable bonds is 6. The van der Waals surface area contributed by atoms with Crippen molar-refractivity contribution in [3.05, 3.63) is 65.1 Å². The van der Waals surface area contributed by atoms with Gasteiger partial charge in [0.1, 0.15) is 17.8 Å². The molecule has 4 aromatic rings. The minimum atomic E-state index is -1.21. The maximum atomic E-state index is 15.1. The highest BCUT2D eigenvalue weighted by Crippen LogP contribution is 2.32. The Kier molecular flexibility index (Phi) is 7.21. The van der Waals surface area contributed by atoms with Gasteiger partial charge in [0.05, 0.1) is 16.6 Å². The molecule has 3 aromatic heterocycles. The van der Waals surface area contributed by atoms with Crippen LogP contribution in [0.2, 0.25) is 0 Å². The first kappa shape index (κ1) is 25.5. The van der Waals surface area contributed by atoms with Crippen LogP contribution in [-0.4, -0.2) is 48.8 Å². The molecule has 1 aliphatic heterocycles. The maximum Gasteiger partial charge on any atom is 0.335 e. The third-order valence-electron chi connectivity index (χ3n) is 6.37. The molecule has 1 N–H and O–H groups in total. The van der Waals surface area contributed by atoms with Gasteiger partial charge in [-0.15, -0.1) is 12.4 Å². The fourth-order valence-corrected chi connectivity index (χ4v) is 4.45. The van der Waals surface area contributed by atoms with E-state index in [9.17, 15) is 9.18 Å². The van der Waals surface area contributed by atoms with Crippen molar-refractivity contribution in [3.8, 4) is 0 Å². The number of nitrogens with zero attached hydrogens (tertiary/aromatic N) is 6. The van der Waals surface area contributed by atoms with Crippen molar-refractivity contribution in [1.82, 2.24) is 24.7 Å². The number of halogens is 3. The van der Waals surface area contributed by atoms with E-state index < -0.39 is 17.6 Å². The van der Waals surface area contributed by atoms with Crippen molar-refractivity contribution in [2.24, 2.45) is 0 Å². The number of piperidine rings is 1. The molecule has 12 heteroatoms. The molecule has 0 bridgehead atoms. The van der Waals surface area contributed by atoms with E-state index in [1.807, 2.05) is 18.4 Å². The molecular formula is C24H25ClF2N6O3. The smallest absolute Gasteiger partial charge is 0.335 e. The van der Waals surface area contributed by atoms with Gasteiger partial charge in [-0.25, -0.2) is 23.5 Å². The molecule has 0 spiro atoms. The maximum absolute atomic E-state index is 15.1. The van der Waals surface area contributed by atoms with E-state index in [4.69, 9.17) is 9.63 Å². The quantitative estimate of drug-likeness (QED) is 0.389. The van der Waals surface area contributed by atoms with Gasteiger partial charge in [-0.1, -0.05) is 19.9 Å². The first-order valence-corrected chi connectivity index (χ1v) is 11.4. The summed E-state index contributed by atoms with van der Waals surface area (Å²) in [5.74, 6) is -1.05. The monoisotopic (exact) mass is 518 g/mol. The summed E-state index contributed by atoms with van der Waals surface area (Å²) in [4.78, 5) is 26.1. The van der Waals surface area contributed by atoms with Crippen LogP contribution in [0.5, 0.6) is 0 Å². The lowest BCUT2D eigenvalue weighted by Gasteiger charge is -2.31. The minimum absolute atomic E-state index is 0. The number of hydrogen-bond acceptors (Lipinski definition) is 7. The van der Waals surface area contributed by atoms with Crippen LogP contribution in [0, 0.1) is 11.6 Å². The molecule has 4 heterocycles. The summed E-state index contributed by atoms with van der Waals surface area (Å²) in [6.45, 7) is 5.35. The van der Waals surface area contributed by atoms with Gasteiger partial charge in [-0.3, -0.25) is 0 Å². The Balaban J connectivity index is 0.00000304. The summed E-state index contributed by atoms with van der Waals surface area (Å²) in [7, 11) is 0. The van der Waals surface area contributed by atoms with E-state index in [0.29, 0.717) is 36.3 Å². The molecule has 9 nitrogen and oxygen atoms in total. The molecule has 1 aliphatic rings. The third kappa shape index (κ3) is 4.75. The van der Waals surface area contributed by atoms with Gasteiger partial charge in [0.15, 0.2) is 5.82 Å². The first-order valence-electron chi connectivity index (χ1n) is 11.4. The number of aromatic carboxylic acids is 1. The molecule has 0 atom stereocenters. The molecule has 0 saturated carbocycles. The molecule has 36 heavy (non-hydrogen) atoms. The number of fused-ring (bicyclic) bond motifs is 1. The number of hydrogen-bond donors (Lipinski definition) is 1. The zero-order valence-corrected chi connectivity index (χ0v) is 20.5. The van der Waals surface area contributed by atoms with E-state index in [1.54, 1.807) is 0 Å². The summed E-state index contributed by atoms with van der Waals surface area (Å²) in [6, 6.07) is 3.69. The van der Waals surface area contributed by atoms with E-state index in [-0.39, 0.29) is 47.3 Å². The summed E-state index contributed by atoms with van der Waals surface area (Å²) in [5, 5.41) is 13.4. The molecule has 1 saturated heterocycles. The molecule has 5 rings (SSSR count). The summed E-state index contributed by atoms with van der Waals surface area (Å²) < 4.78 is 36.7.